The fourth-order valence-corrected chi connectivity index (χ4v) is 2.95. The number of nitriles is 1. The zero-order valence-corrected chi connectivity index (χ0v) is 14.3. The average Bonchev–Trinajstić information content (AvgIpc) is 2.64. The monoisotopic (exact) mass is 362 g/mol. The van der Waals surface area contributed by atoms with Crippen LogP contribution in [0.25, 0.3) is 11.3 Å². The number of benzene rings is 1. The van der Waals surface area contributed by atoms with E-state index in [1.807, 2.05) is 12.1 Å². The molecule has 0 spiro atoms. The van der Waals surface area contributed by atoms with Gasteiger partial charge in [-0.05, 0) is 24.8 Å². The molecule has 2 N–H and O–H groups in total. The van der Waals surface area contributed by atoms with Crippen LogP contribution in [0.3, 0.4) is 0 Å². The lowest BCUT2D eigenvalue weighted by Crippen LogP contribution is -2.11. The van der Waals surface area contributed by atoms with Gasteiger partial charge >= 0.3 is 0 Å². The zero-order valence-electron chi connectivity index (χ0n) is 14.3. The van der Waals surface area contributed by atoms with Crippen molar-refractivity contribution in [3.8, 4) is 29.0 Å². The minimum Gasteiger partial charge on any atom is -0.435 e. The van der Waals surface area contributed by atoms with E-state index in [2.05, 4.69) is 19.9 Å². The molecule has 0 amide bonds. The molecule has 0 radical (unpaired) electrons. The number of hydrogen-bond donors (Lipinski definition) is 1. The van der Waals surface area contributed by atoms with Crippen molar-refractivity contribution in [3.63, 3.8) is 0 Å². The Morgan fingerprint density at radius 1 is 1.15 bits per heavy atom. The number of nitrogen functional groups attached to an aromatic ring is 1. The Balaban J connectivity index is 1.79. The number of aromatic nitrogens is 4. The number of ether oxygens (including phenoxy) is 1. The van der Waals surface area contributed by atoms with Crippen molar-refractivity contribution in [1.82, 2.24) is 19.9 Å². The second-order valence-electron chi connectivity index (χ2n) is 6.23. The Bertz CT molecular complexity index is 1030. The van der Waals surface area contributed by atoms with Gasteiger partial charge in [-0.15, -0.1) is 0 Å². The highest BCUT2D eigenvalue weighted by Crippen LogP contribution is 2.44. The standard InChI is InChI=1S/C19H15FN6O/c20-18-13(14-9-25-15(22)10-24-14)5-4-12(11-2-1-3-11)19(18)27-17-6-7-23-16(8-21)26-17/h4-7,9-11H,1-3H2,(H2,22,25). The van der Waals surface area contributed by atoms with Gasteiger partial charge in [-0.25, -0.2) is 14.4 Å². The van der Waals surface area contributed by atoms with Crippen LogP contribution < -0.4 is 10.5 Å². The van der Waals surface area contributed by atoms with Gasteiger partial charge in [0.2, 0.25) is 11.7 Å². The van der Waals surface area contributed by atoms with Crippen molar-refractivity contribution in [2.75, 3.05) is 5.73 Å². The van der Waals surface area contributed by atoms with Gasteiger partial charge in [0.15, 0.2) is 11.6 Å². The van der Waals surface area contributed by atoms with Crippen LogP contribution >= 0.6 is 0 Å². The minimum absolute atomic E-state index is 0.0429. The van der Waals surface area contributed by atoms with E-state index in [9.17, 15) is 0 Å². The molecular formula is C19H15FN6O. The highest BCUT2D eigenvalue weighted by molar-refractivity contribution is 5.64. The molecule has 1 aromatic carbocycles. The molecule has 2 aromatic heterocycles. The zero-order chi connectivity index (χ0) is 18.8. The molecule has 8 heteroatoms. The Kier molecular flexibility index (Phi) is 4.34. The molecule has 134 valence electrons. The summed E-state index contributed by atoms with van der Waals surface area (Å²) in [7, 11) is 0. The molecule has 4 rings (SSSR count). The molecule has 1 aliphatic rings. The topological polar surface area (TPSA) is 111 Å². The molecule has 0 atom stereocenters. The van der Waals surface area contributed by atoms with Crippen LogP contribution in [-0.2, 0) is 0 Å². The first-order chi connectivity index (χ1) is 13.2. The lowest BCUT2D eigenvalue weighted by atomic mass is 9.79. The lowest BCUT2D eigenvalue weighted by Gasteiger charge is -2.28. The number of anilines is 1. The summed E-state index contributed by atoms with van der Waals surface area (Å²) >= 11 is 0. The molecule has 0 bridgehead atoms. The summed E-state index contributed by atoms with van der Waals surface area (Å²) in [6.45, 7) is 0. The number of rotatable bonds is 4. The summed E-state index contributed by atoms with van der Waals surface area (Å²) in [6.07, 6.45) is 7.24. The average molecular weight is 362 g/mol. The van der Waals surface area contributed by atoms with Crippen molar-refractivity contribution < 1.29 is 9.13 Å². The summed E-state index contributed by atoms with van der Waals surface area (Å²) in [5, 5.41) is 8.96. The Hall–Kier alpha value is -3.60. The minimum atomic E-state index is -0.546. The second-order valence-corrected chi connectivity index (χ2v) is 6.23. The van der Waals surface area contributed by atoms with Gasteiger partial charge in [-0.2, -0.15) is 10.2 Å². The van der Waals surface area contributed by atoms with E-state index >= 15 is 4.39 Å². The maximum atomic E-state index is 15.4. The van der Waals surface area contributed by atoms with Gasteiger partial charge in [0.25, 0.3) is 0 Å². The van der Waals surface area contributed by atoms with E-state index in [1.54, 1.807) is 6.07 Å². The van der Waals surface area contributed by atoms with Crippen LogP contribution in [-0.4, -0.2) is 19.9 Å². The van der Waals surface area contributed by atoms with Gasteiger partial charge in [-0.1, -0.05) is 12.5 Å². The Morgan fingerprint density at radius 2 is 2.00 bits per heavy atom. The number of nitrogens with two attached hydrogens (primary N) is 1. The van der Waals surface area contributed by atoms with Crippen molar-refractivity contribution in [2.24, 2.45) is 0 Å². The van der Waals surface area contributed by atoms with E-state index in [0.29, 0.717) is 5.69 Å². The SMILES string of the molecule is N#Cc1nccc(Oc2c(C3CCC3)ccc(-c3cnc(N)cn3)c2F)n1. The first kappa shape index (κ1) is 16.8. The fourth-order valence-electron chi connectivity index (χ4n) is 2.95. The molecule has 0 unspecified atom stereocenters. The molecule has 1 aliphatic carbocycles. The maximum Gasteiger partial charge on any atom is 0.235 e. The van der Waals surface area contributed by atoms with Crippen LogP contribution in [0.4, 0.5) is 10.2 Å². The molecule has 0 saturated heterocycles. The van der Waals surface area contributed by atoms with Crippen molar-refractivity contribution in [1.29, 1.82) is 5.26 Å². The molecule has 1 fully saturated rings. The third-order valence-corrected chi connectivity index (χ3v) is 4.56. The number of hydrogen-bond acceptors (Lipinski definition) is 7. The lowest BCUT2D eigenvalue weighted by molar-refractivity contribution is 0.378. The highest BCUT2D eigenvalue weighted by Gasteiger charge is 2.27. The third-order valence-electron chi connectivity index (χ3n) is 4.56. The molecule has 0 aliphatic heterocycles. The van der Waals surface area contributed by atoms with Crippen LogP contribution in [0.2, 0.25) is 0 Å². The number of halogens is 1. The van der Waals surface area contributed by atoms with Gasteiger partial charge in [0.05, 0.1) is 18.1 Å². The fraction of sp³-hybridized carbons (Fsp3) is 0.211. The van der Waals surface area contributed by atoms with Crippen molar-refractivity contribution in [3.05, 3.63) is 54.0 Å². The van der Waals surface area contributed by atoms with E-state index in [0.717, 1.165) is 24.8 Å². The smallest absolute Gasteiger partial charge is 0.235 e. The molecule has 27 heavy (non-hydrogen) atoms. The number of nitrogens with zero attached hydrogens (tertiary/aromatic N) is 5. The van der Waals surface area contributed by atoms with Gasteiger partial charge in [0, 0.05) is 23.4 Å². The summed E-state index contributed by atoms with van der Waals surface area (Å²) in [4.78, 5) is 15.9. The Morgan fingerprint density at radius 3 is 2.67 bits per heavy atom. The third kappa shape index (κ3) is 3.27. The summed E-state index contributed by atoms with van der Waals surface area (Å²) in [5.74, 6) is 0.110. The summed E-state index contributed by atoms with van der Waals surface area (Å²) < 4.78 is 21.2. The van der Waals surface area contributed by atoms with E-state index in [1.165, 1.54) is 24.7 Å². The van der Waals surface area contributed by atoms with Crippen molar-refractivity contribution >= 4 is 5.82 Å². The largest absolute Gasteiger partial charge is 0.435 e. The van der Waals surface area contributed by atoms with Crippen LogP contribution in [0.5, 0.6) is 11.6 Å². The quantitative estimate of drug-likeness (QED) is 0.755. The summed E-state index contributed by atoms with van der Waals surface area (Å²) in [6, 6.07) is 6.86. The van der Waals surface area contributed by atoms with Crippen LogP contribution in [0.1, 0.15) is 36.6 Å². The molecule has 1 saturated carbocycles. The Labute approximate surface area is 154 Å². The molecule has 2 heterocycles. The second kappa shape index (κ2) is 6.96. The molecule has 7 nitrogen and oxygen atoms in total. The molecule has 3 aromatic rings. The molecular weight excluding hydrogens is 347 g/mol. The van der Waals surface area contributed by atoms with Gasteiger partial charge < -0.3 is 10.5 Å². The van der Waals surface area contributed by atoms with E-state index in [4.69, 9.17) is 15.7 Å². The van der Waals surface area contributed by atoms with Gasteiger partial charge in [-0.3, -0.25) is 4.98 Å². The first-order valence-corrected chi connectivity index (χ1v) is 8.47. The van der Waals surface area contributed by atoms with E-state index in [-0.39, 0.29) is 34.8 Å². The van der Waals surface area contributed by atoms with Crippen LogP contribution in [0.15, 0.2) is 36.8 Å². The van der Waals surface area contributed by atoms with Crippen LogP contribution in [0, 0.1) is 17.1 Å². The predicted octanol–water partition coefficient (Wildman–Crippen LogP) is 3.59. The normalized spacial score (nSPS) is 13.6. The highest BCUT2D eigenvalue weighted by atomic mass is 19.1. The first-order valence-electron chi connectivity index (χ1n) is 8.47. The van der Waals surface area contributed by atoms with E-state index < -0.39 is 5.82 Å². The van der Waals surface area contributed by atoms with Gasteiger partial charge in [0.1, 0.15) is 11.9 Å². The maximum absolute atomic E-state index is 15.4. The van der Waals surface area contributed by atoms with Crippen molar-refractivity contribution in [2.45, 2.75) is 25.2 Å². The summed E-state index contributed by atoms with van der Waals surface area (Å²) in [5.41, 5.74) is 6.95. The predicted molar refractivity (Wildman–Crippen MR) is 95.3 cm³/mol.